The summed E-state index contributed by atoms with van der Waals surface area (Å²) in [6.07, 6.45) is 2.20. The van der Waals surface area contributed by atoms with Gasteiger partial charge in [-0.1, -0.05) is 18.9 Å². The maximum absolute atomic E-state index is 12.5. The summed E-state index contributed by atoms with van der Waals surface area (Å²) in [7, 11) is 1.50. The molecule has 1 N–H and O–H groups in total. The average molecular weight is 416 g/mol. The number of methoxy groups -OCH3 is 1. The van der Waals surface area contributed by atoms with Gasteiger partial charge in [0.05, 0.1) is 31.1 Å². The summed E-state index contributed by atoms with van der Waals surface area (Å²) in [4.78, 5) is 50.7. The molecule has 0 aromatic heterocycles. The number of nitrogens with one attached hydrogen (secondary N) is 1. The number of amides is 3. The fourth-order valence-electron chi connectivity index (χ4n) is 4.12. The van der Waals surface area contributed by atoms with Gasteiger partial charge in [-0.15, -0.1) is 0 Å². The number of aryl methyl sites for hydroxylation is 1. The Kier molecular flexibility index (Phi) is 6.74. The van der Waals surface area contributed by atoms with Crippen molar-refractivity contribution in [2.75, 3.05) is 19.0 Å². The normalized spacial score (nSPS) is 21.8. The van der Waals surface area contributed by atoms with Gasteiger partial charge >= 0.3 is 5.97 Å². The van der Waals surface area contributed by atoms with Crippen molar-refractivity contribution in [2.24, 2.45) is 11.8 Å². The van der Waals surface area contributed by atoms with Gasteiger partial charge in [-0.05, 0) is 44.4 Å². The van der Waals surface area contributed by atoms with Crippen LogP contribution in [0.4, 0.5) is 5.69 Å². The number of nitrogens with zero attached hydrogens (tertiary/aromatic N) is 1. The Morgan fingerprint density at radius 3 is 2.40 bits per heavy atom. The minimum Gasteiger partial charge on any atom is -0.495 e. The monoisotopic (exact) mass is 416 g/mol. The maximum atomic E-state index is 12.5. The van der Waals surface area contributed by atoms with Crippen LogP contribution >= 0.6 is 0 Å². The molecule has 30 heavy (non-hydrogen) atoms. The largest absolute Gasteiger partial charge is 0.495 e. The van der Waals surface area contributed by atoms with Gasteiger partial charge in [0.25, 0.3) is 5.91 Å². The molecule has 3 amide bonds. The van der Waals surface area contributed by atoms with Crippen LogP contribution in [0.25, 0.3) is 0 Å². The summed E-state index contributed by atoms with van der Waals surface area (Å²) in [6.45, 7) is 3.34. The van der Waals surface area contributed by atoms with Gasteiger partial charge in [0, 0.05) is 6.54 Å². The van der Waals surface area contributed by atoms with E-state index >= 15 is 0 Å². The van der Waals surface area contributed by atoms with Crippen molar-refractivity contribution >= 4 is 29.4 Å². The Morgan fingerprint density at radius 1 is 1.17 bits per heavy atom. The number of anilines is 1. The van der Waals surface area contributed by atoms with Gasteiger partial charge < -0.3 is 14.8 Å². The predicted molar refractivity (Wildman–Crippen MR) is 109 cm³/mol. The summed E-state index contributed by atoms with van der Waals surface area (Å²) >= 11 is 0. The lowest BCUT2D eigenvalue weighted by atomic mass is 9.81. The van der Waals surface area contributed by atoms with Crippen LogP contribution < -0.4 is 10.1 Å². The number of fused-ring (bicyclic) bond motifs is 1. The molecular weight excluding hydrogens is 388 g/mol. The van der Waals surface area contributed by atoms with Crippen molar-refractivity contribution in [1.82, 2.24) is 4.90 Å². The van der Waals surface area contributed by atoms with Gasteiger partial charge in [-0.2, -0.15) is 0 Å². The maximum Gasteiger partial charge on any atom is 0.308 e. The van der Waals surface area contributed by atoms with E-state index in [2.05, 4.69) is 5.32 Å². The number of hydrogen-bond donors (Lipinski definition) is 1. The fourth-order valence-corrected chi connectivity index (χ4v) is 4.12. The minimum atomic E-state index is -1.03. The molecule has 0 unspecified atom stereocenters. The number of imide groups is 1. The van der Waals surface area contributed by atoms with Gasteiger partial charge in [0.15, 0.2) is 6.10 Å². The van der Waals surface area contributed by atoms with Crippen LogP contribution in [0, 0.1) is 18.8 Å². The SMILES string of the molecule is COc1ccc(C)cc1NC(=O)[C@H](C)OC(=O)CCN1C(=O)[C@H]2CCCC[C@@H]2C1=O. The van der Waals surface area contributed by atoms with E-state index in [0.29, 0.717) is 11.4 Å². The molecule has 1 saturated heterocycles. The zero-order valence-corrected chi connectivity index (χ0v) is 17.6. The second kappa shape index (κ2) is 9.28. The lowest BCUT2D eigenvalue weighted by Gasteiger charge is -2.19. The van der Waals surface area contributed by atoms with Gasteiger partial charge in [-0.3, -0.25) is 24.1 Å². The average Bonchev–Trinajstić information content (AvgIpc) is 2.97. The molecule has 1 heterocycles. The van der Waals surface area contributed by atoms with E-state index in [1.807, 2.05) is 13.0 Å². The Morgan fingerprint density at radius 2 is 1.80 bits per heavy atom. The standard InChI is InChI=1S/C22H28N2O6/c1-13-8-9-18(29-3)17(12-13)23-20(26)14(2)30-19(25)10-11-24-21(27)15-6-4-5-7-16(15)22(24)28/h8-9,12,14-16H,4-7,10-11H2,1-3H3,(H,23,26)/t14-,15-,16-/m0/s1. The molecule has 1 aromatic rings. The Bertz CT molecular complexity index is 828. The van der Waals surface area contributed by atoms with Gasteiger partial charge in [0.1, 0.15) is 5.75 Å². The van der Waals surface area contributed by atoms with Crippen molar-refractivity contribution in [2.45, 2.75) is 52.1 Å². The number of esters is 1. The van der Waals surface area contributed by atoms with Crippen LogP contribution in [0.15, 0.2) is 18.2 Å². The highest BCUT2D eigenvalue weighted by Crippen LogP contribution is 2.38. The molecule has 0 bridgehead atoms. The van der Waals surface area contributed by atoms with E-state index in [9.17, 15) is 19.2 Å². The molecule has 2 fully saturated rings. The summed E-state index contributed by atoms with van der Waals surface area (Å²) < 4.78 is 10.4. The first-order valence-electron chi connectivity index (χ1n) is 10.3. The highest BCUT2D eigenvalue weighted by Gasteiger charge is 2.47. The summed E-state index contributed by atoms with van der Waals surface area (Å²) in [5, 5.41) is 2.69. The highest BCUT2D eigenvalue weighted by molar-refractivity contribution is 6.05. The molecule has 0 radical (unpaired) electrons. The second-order valence-corrected chi connectivity index (χ2v) is 7.90. The van der Waals surface area contributed by atoms with Crippen LogP contribution in [0.3, 0.4) is 0 Å². The number of carbonyl (C=O) groups is 4. The fraction of sp³-hybridized carbons (Fsp3) is 0.545. The molecule has 1 aliphatic carbocycles. The third-order valence-corrected chi connectivity index (χ3v) is 5.76. The first kappa shape index (κ1) is 21.8. The van der Waals surface area contributed by atoms with Crippen molar-refractivity contribution in [3.05, 3.63) is 23.8 Å². The highest BCUT2D eigenvalue weighted by atomic mass is 16.5. The van der Waals surface area contributed by atoms with Gasteiger partial charge in [0.2, 0.25) is 11.8 Å². The van der Waals surface area contributed by atoms with Crippen LogP contribution in [0.5, 0.6) is 5.75 Å². The molecular formula is C22H28N2O6. The van der Waals surface area contributed by atoms with E-state index in [1.165, 1.54) is 18.9 Å². The molecule has 1 saturated carbocycles. The second-order valence-electron chi connectivity index (χ2n) is 7.90. The van der Waals surface area contributed by atoms with E-state index in [0.717, 1.165) is 31.2 Å². The molecule has 0 spiro atoms. The molecule has 162 valence electrons. The number of rotatable bonds is 7. The number of ether oxygens (including phenoxy) is 2. The van der Waals surface area contributed by atoms with E-state index in [1.54, 1.807) is 12.1 Å². The van der Waals surface area contributed by atoms with E-state index < -0.39 is 18.0 Å². The van der Waals surface area contributed by atoms with Crippen LogP contribution in [0.2, 0.25) is 0 Å². The van der Waals surface area contributed by atoms with E-state index in [-0.39, 0.29) is 36.6 Å². The van der Waals surface area contributed by atoms with Crippen molar-refractivity contribution < 1.29 is 28.7 Å². The number of hydrogen-bond acceptors (Lipinski definition) is 6. The topological polar surface area (TPSA) is 102 Å². The summed E-state index contributed by atoms with van der Waals surface area (Å²) in [5.74, 6) is -1.48. The van der Waals surface area contributed by atoms with Crippen LogP contribution in [-0.4, -0.2) is 48.3 Å². The first-order valence-corrected chi connectivity index (χ1v) is 10.3. The lowest BCUT2D eigenvalue weighted by Crippen LogP contribution is -2.35. The zero-order valence-electron chi connectivity index (χ0n) is 17.6. The van der Waals surface area contributed by atoms with Crippen molar-refractivity contribution in [3.63, 3.8) is 0 Å². The number of benzene rings is 1. The molecule has 1 aliphatic heterocycles. The van der Waals surface area contributed by atoms with Crippen LogP contribution in [0.1, 0.15) is 44.6 Å². The molecule has 8 nitrogen and oxygen atoms in total. The predicted octanol–water partition coefficient (Wildman–Crippen LogP) is 2.44. The third-order valence-electron chi connectivity index (χ3n) is 5.76. The molecule has 1 aromatic carbocycles. The molecule has 3 rings (SSSR count). The Balaban J connectivity index is 1.51. The van der Waals surface area contributed by atoms with E-state index in [4.69, 9.17) is 9.47 Å². The molecule has 2 aliphatic rings. The lowest BCUT2D eigenvalue weighted by molar-refractivity contribution is -0.154. The molecule has 8 heteroatoms. The van der Waals surface area contributed by atoms with Crippen molar-refractivity contribution in [3.8, 4) is 5.75 Å². The number of carbonyl (C=O) groups excluding carboxylic acids is 4. The van der Waals surface area contributed by atoms with Gasteiger partial charge in [-0.25, -0.2) is 0 Å². The molecule has 3 atom stereocenters. The summed E-state index contributed by atoms with van der Waals surface area (Å²) in [5.41, 5.74) is 1.43. The van der Waals surface area contributed by atoms with Crippen molar-refractivity contribution in [1.29, 1.82) is 0 Å². The summed E-state index contributed by atoms with van der Waals surface area (Å²) in [6, 6.07) is 5.35. The Hall–Kier alpha value is -2.90. The number of likely N-dealkylation sites (tertiary alicyclic amines) is 1. The first-order chi connectivity index (χ1) is 14.3. The quantitative estimate of drug-likeness (QED) is 0.541. The minimum absolute atomic E-state index is 0.0104. The smallest absolute Gasteiger partial charge is 0.308 e. The third kappa shape index (κ3) is 4.63. The Labute approximate surface area is 175 Å². The van der Waals surface area contributed by atoms with Crippen LogP contribution in [-0.2, 0) is 23.9 Å². The zero-order chi connectivity index (χ0) is 21.8.